The minimum absolute atomic E-state index is 0.161. The summed E-state index contributed by atoms with van der Waals surface area (Å²) in [6, 6.07) is 18.2. The third-order valence-electron chi connectivity index (χ3n) is 5.01. The summed E-state index contributed by atoms with van der Waals surface area (Å²) in [4.78, 5) is 0. The molecule has 0 unspecified atom stereocenters. The lowest BCUT2D eigenvalue weighted by molar-refractivity contribution is -0.184. The molecule has 0 saturated carbocycles. The van der Waals surface area contributed by atoms with Gasteiger partial charge in [-0.3, -0.25) is 0 Å². The van der Waals surface area contributed by atoms with E-state index in [0.717, 1.165) is 21.9 Å². The number of aliphatic hydroxyl groups is 2. The Morgan fingerprint density at radius 3 is 2.45 bits per heavy atom. The number of hydrogen-bond acceptors (Lipinski definition) is 4. The van der Waals surface area contributed by atoms with Crippen molar-refractivity contribution >= 4 is 22.9 Å². The minimum atomic E-state index is -0.643. The molecule has 0 aromatic heterocycles. The zero-order valence-electron chi connectivity index (χ0n) is 15.9. The zero-order valence-corrected chi connectivity index (χ0v) is 15.9. The average Bonchev–Trinajstić information content (AvgIpc) is 2.73. The second-order valence-corrected chi connectivity index (χ2v) is 7.24. The van der Waals surface area contributed by atoms with Gasteiger partial charge in [0.05, 0.1) is 18.8 Å². The number of hydrogen-bond donors (Lipinski definition) is 2. The van der Waals surface area contributed by atoms with E-state index >= 15 is 0 Å². The van der Waals surface area contributed by atoms with Crippen molar-refractivity contribution in [1.82, 2.24) is 0 Å². The van der Waals surface area contributed by atoms with Crippen molar-refractivity contribution in [2.24, 2.45) is 0 Å². The van der Waals surface area contributed by atoms with E-state index in [2.05, 4.69) is 0 Å². The van der Waals surface area contributed by atoms with Gasteiger partial charge in [0.25, 0.3) is 0 Å². The molecule has 29 heavy (non-hydrogen) atoms. The molecule has 1 saturated heterocycles. The molecule has 3 atom stereocenters. The van der Waals surface area contributed by atoms with Gasteiger partial charge >= 0.3 is 0 Å². The predicted molar refractivity (Wildman–Crippen MR) is 111 cm³/mol. The third-order valence-corrected chi connectivity index (χ3v) is 5.01. The summed E-state index contributed by atoms with van der Waals surface area (Å²) < 4.78 is 25.0. The van der Waals surface area contributed by atoms with E-state index in [9.17, 15) is 14.6 Å². The molecule has 3 aromatic rings. The van der Waals surface area contributed by atoms with Crippen LogP contribution in [0.4, 0.5) is 4.39 Å². The quantitative estimate of drug-likeness (QED) is 0.631. The lowest BCUT2D eigenvalue weighted by Crippen LogP contribution is -2.40. The van der Waals surface area contributed by atoms with Gasteiger partial charge < -0.3 is 19.7 Å². The first kappa shape index (κ1) is 19.6. The fourth-order valence-electron chi connectivity index (χ4n) is 3.51. The molecule has 5 heteroatoms. The highest BCUT2D eigenvalue weighted by molar-refractivity contribution is 5.88. The standard InChI is InChI=1S/C24H23FO4/c25-20-9-6-16(7-10-20)5-8-19-11-17-3-1-2-4-18(17)12-23(19)29-24-14-21(27)13-22(15-26)28-24/h1-12,21-22,24,26-27H,13-15H2/b8-5+/t21-,22-,24-/m0/s1. The average molecular weight is 394 g/mol. The van der Waals surface area contributed by atoms with Gasteiger partial charge in [0.2, 0.25) is 6.29 Å². The van der Waals surface area contributed by atoms with Crippen molar-refractivity contribution in [2.75, 3.05) is 6.61 Å². The fourth-order valence-corrected chi connectivity index (χ4v) is 3.51. The highest BCUT2D eigenvalue weighted by atomic mass is 19.1. The van der Waals surface area contributed by atoms with Crippen LogP contribution in [0.3, 0.4) is 0 Å². The van der Waals surface area contributed by atoms with Crippen LogP contribution in [-0.2, 0) is 4.74 Å². The van der Waals surface area contributed by atoms with Crippen molar-refractivity contribution < 1.29 is 24.1 Å². The third kappa shape index (κ3) is 4.82. The van der Waals surface area contributed by atoms with E-state index < -0.39 is 18.5 Å². The van der Waals surface area contributed by atoms with Gasteiger partial charge in [0.1, 0.15) is 11.6 Å². The molecule has 2 N–H and O–H groups in total. The topological polar surface area (TPSA) is 58.9 Å². The van der Waals surface area contributed by atoms with E-state index in [4.69, 9.17) is 9.47 Å². The van der Waals surface area contributed by atoms with Crippen molar-refractivity contribution in [3.8, 4) is 5.75 Å². The monoisotopic (exact) mass is 394 g/mol. The number of aliphatic hydroxyl groups excluding tert-OH is 2. The second-order valence-electron chi connectivity index (χ2n) is 7.24. The lowest BCUT2D eigenvalue weighted by Gasteiger charge is -2.32. The summed E-state index contributed by atoms with van der Waals surface area (Å²) >= 11 is 0. The highest BCUT2D eigenvalue weighted by Crippen LogP contribution is 2.31. The normalized spacial score (nSPS) is 22.2. The number of benzene rings is 3. The maximum atomic E-state index is 13.1. The molecule has 0 spiro atoms. The molecule has 1 heterocycles. The van der Waals surface area contributed by atoms with Crippen molar-refractivity contribution in [2.45, 2.75) is 31.3 Å². The summed E-state index contributed by atoms with van der Waals surface area (Å²) in [6.07, 6.45) is 2.87. The van der Waals surface area contributed by atoms with Crippen molar-refractivity contribution in [1.29, 1.82) is 0 Å². The first-order valence-corrected chi connectivity index (χ1v) is 9.68. The van der Waals surface area contributed by atoms with Gasteiger partial charge in [-0.1, -0.05) is 48.6 Å². The van der Waals surface area contributed by atoms with Gasteiger partial charge in [-0.25, -0.2) is 4.39 Å². The SMILES string of the molecule is OC[C@@H]1C[C@H](O)C[C@H](Oc2cc3ccccc3cc2/C=C/c2ccc(F)cc2)O1. The Morgan fingerprint density at radius 1 is 1.00 bits per heavy atom. The van der Waals surface area contributed by atoms with Gasteiger partial charge in [-0.2, -0.15) is 0 Å². The van der Waals surface area contributed by atoms with Crippen LogP contribution in [0.1, 0.15) is 24.0 Å². The van der Waals surface area contributed by atoms with E-state index in [-0.39, 0.29) is 12.4 Å². The fraction of sp³-hybridized carbons (Fsp3) is 0.250. The summed E-state index contributed by atoms with van der Waals surface area (Å²) in [5, 5.41) is 21.5. The first-order chi connectivity index (χ1) is 14.1. The molecule has 4 rings (SSSR count). The molecule has 1 aliphatic rings. The summed E-state index contributed by atoms with van der Waals surface area (Å²) in [6.45, 7) is -0.161. The van der Waals surface area contributed by atoms with Crippen LogP contribution in [0.2, 0.25) is 0 Å². The van der Waals surface area contributed by atoms with Crippen LogP contribution in [-0.4, -0.2) is 35.3 Å². The van der Waals surface area contributed by atoms with Crippen LogP contribution < -0.4 is 4.74 Å². The summed E-state index contributed by atoms with van der Waals surface area (Å²) in [7, 11) is 0. The van der Waals surface area contributed by atoms with Gasteiger partial charge in [0, 0.05) is 18.4 Å². The maximum absolute atomic E-state index is 13.1. The van der Waals surface area contributed by atoms with Crippen LogP contribution in [0.15, 0.2) is 60.7 Å². The van der Waals surface area contributed by atoms with E-state index in [1.54, 1.807) is 12.1 Å². The Kier molecular flexibility index (Phi) is 5.90. The van der Waals surface area contributed by atoms with E-state index in [0.29, 0.717) is 18.6 Å². The molecule has 4 nitrogen and oxygen atoms in total. The Hall–Kier alpha value is -2.73. The molecular weight excluding hydrogens is 371 g/mol. The molecule has 0 aliphatic carbocycles. The number of halogens is 1. The largest absolute Gasteiger partial charge is 0.464 e. The van der Waals surface area contributed by atoms with Crippen molar-refractivity contribution in [3.63, 3.8) is 0 Å². The molecule has 0 amide bonds. The van der Waals surface area contributed by atoms with Gasteiger partial charge in [0.15, 0.2) is 0 Å². The molecule has 150 valence electrons. The van der Waals surface area contributed by atoms with E-state index in [1.807, 2.05) is 48.6 Å². The molecule has 1 aliphatic heterocycles. The molecule has 0 radical (unpaired) electrons. The second kappa shape index (κ2) is 8.74. The Balaban J connectivity index is 1.65. The van der Waals surface area contributed by atoms with Crippen LogP contribution >= 0.6 is 0 Å². The zero-order chi connectivity index (χ0) is 20.2. The molecule has 0 bridgehead atoms. The first-order valence-electron chi connectivity index (χ1n) is 9.68. The number of fused-ring (bicyclic) bond motifs is 1. The molecular formula is C24H23FO4. The van der Waals surface area contributed by atoms with Crippen LogP contribution in [0.5, 0.6) is 5.75 Å². The Bertz CT molecular complexity index is 999. The number of ether oxygens (including phenoxy) is 2. The minimum Gasteiger partial charge on any atom is -0.464 e. The van der Waals surface area contributed by atoms with Crippen LogP contribution in [0.25, 0.3) is 22.9 Å². The predicted octanol–water partition coefficient (Wildman–Crippen LogP) is 4.39. The smallest absolute Gasteiger partial charge is 0.202 e. The Morgan fingerprint density at radius 2 is 1.72 bits per heavy atom. The molecule has 3 aromatic carbocycles. The lowest BCUT2D eigenvalue weighted by atomic mass is 10.0. The summed E-state index contributed by atoms with van der Waals surface area (Å²) in [5.41, 5.74) is 1.72. The maximum Gasteiger partial charge on any atom is 0.202 e. The summed E-state index contributed by atoms with van der Waals surface area (Å²) in [5.74, 6) is 0.348. The molecule has 1 fully saturated rings. The van der Waals surface area contributed by atoms with Gasteiger partial charge in [-0.15, -0.1) is 0 Å². The van der Waals surface area contributed by atoms with E-state index in [1.165, 1.54) is 12.1 Å². The Labute approximate surface area is 168 Å². The van der Waals surface area contributed by atoms with Crippen LogP contribution in [0, 0.1) is 5.82 Å². The van der Waals surface area contributed by atoms with Gasteiger partial charge in [-0.05, 0) is 40.6 Å². The van der Waals surface area contributed by atoms with Crippen molar-refractivity contribution in [3.05, 3.63) is 77.6 Å². The highest BCUT2D eigenvalue weighted by Gasteiger charge is 2.29. The number of rotatable bonds is 5.